The van der Waals surface area contributed by atoms with Gasteiger partial charge < -0.3 is 10.3 Å². The van der Waals surface area contributed by atoms with E-state index in [1.165, 1.54) is 19.3 Å². The fourth-order valence-corrected chi connectivity index (χ4v) is 1.93. The summed E-state index contributed by atoms with van der Waals surface area (Å²) in [5.74, 6) is -1.67. The quantitative estimate of drug-likeness (QED) is 0.830. The molecule has 2 N–H and O–H groups in total. The van der Waals surface area contributed by atoms with E-state index in [0.29, 0.717) is 0 Å². The summed E-state index contributed by atoms with van der Waals surface area (Å²) >= 11 is 0.807. The van der Waals surface area contributed by atoms with Crippen molar-refractivity contribution in [3.8, 4) is 0 Å². The van der Waals surface area contributed by atoms with Crippen LogP contribution in [0.2, 0.25) is 0 Å². The van der Waals surface area contributed by atoms with E-state index >= 15 is 0 Å². The van der Waals surface area contributed by atoms with Gasteiger partial charge in [0.2, 0.25) is 0 Å². The molecule has 0 aliphatic rings. The first-order valence-corrected chi connectivity index (χ1v) is 5.69. The SMILES string of the molecule is CNc1nc(Sc2nccc(=O)[nH]2)c(F)cc1F. The van der Waals surface area contributed by atoms with Crippen LogP contribution in [0.5, 0.6) is 0 Å². The van der Waals surface area contributed by atoms with Crippen LogP contribution in [0, 0.1) is 11.6 Å². The average Bonchev–Trinajstić information content (AvgIpc) is 2.33. The number of anilines is 1. The predicted octanol–water partition coefficient (Wildman–Crippen LogP) is 1.64. The summed E-state index contributed by atoms with van der Waals surface area (Å²) in [6, 6.07) is 1.96. The summed E-state index contributed by atoms with van der Waals surface area (Å²) in [5.41, 5.74) is -0.358. The van der Waals surface area contributed by atoms with Crippen molar-refractivity contribution in [1.82, 2.24) is 15.0 Å². The molecule has 18 heavy (non-hydrogen) atoms. The summed E-state index contributed by atoms with van der Waals surface area (Å²) in [6.45, 7) is 0. The van der Waals surface area contributed by atoms with Crippen LogP contribution in [0.15, 0.2) is 33.3 Å². The molecule has 2 rings (SSSR count). The number of aromatic nitrogens is 3. The number of rotatable bonds is 3. The smallest absolute Gasteiger partial charge is 0.251 e. The molecular weight excluding hydrogens is 262 g/mol. The lowest BCUT2D eigenvalue weighted by Crippen LogP contribution is -2.06. The lowest BCUT2D eigenvalue weighted by Gasteiger charge is -2.05. The van der Waals surface area contributed by atoms with Gasteiger partial charge >= 0.3 is 0 Å². The van der Waals surface area contributed by atoms with Gasteiger partial charge in [-0.2, -0.15) is 0 Å². The summed E-state index contributed by atoms with van der Waals surface area (Å²) in [7, 11) is 1.47. The third-order valence-electron chi connectivity index (χ3n) is 1.98. The van der Waals surface area contributed by atoms with Crippen LogP contribution in [-0.4, -0.2) is 22.0 Å². The molecule has 0 fully saturated rings. The summed E-state index contributed by atoms with van der Waals surface area (Å²) in [6.07, 6.45) is 1.29. The second kappa shape index (κ2) is 5.13. The monoisotopic (exact) mass is 270 g/mol. The van der Waals surface area contributed by atoms with Gasteiger partial charge in [0.25, 0.3) is 5.56 Å². The molecule has 0 spiro atoms. The van der Waals surface area contributed by atoms with Crippen LogP contribution < -0.4 is 10.9 Å². The van der Waals surface area contributed by atoms with Gasteiger partial charge in [-0.3, -0.25) is 4.79 Å². The topological polar surface area (TPSA) is 70.7 Å². The summed E-state index contributed by atoms with van der Waals surface area (Å²) in [5, 5.41) is 2.61. The standard InChI is InChI=1S/C10H8F2N4OS/c1-13-8-5(11)4-6(12)9(16-8)18-10-14-3-2-7(17)15-10/h2-4H,1H3,(H,13,16)(H,14,15,17). The number of nitrogens with one attached hydrogen (secondary N) is 2. The fraction of sp³-hybridized carbons (Fsp3) is 0.100. The number of nitrogens with zero attached hydrogens (tertiary/aromatic N) is 2. The van der Waals surface area contributed by atoms with Crippen molar-refractivity contribution in [2.24, 2.45) is 0 Å². The van der Waals surface area contributed by atoms with Crippen LogP contribution in [0.4, 0.5) is 14.6 Å². The molecule has 2 aromatic rings. The van der Waals surface area contributed by atoms with Crippen molar-refractivity contribution in [1.29, 1.82) is 0 Å². The maximum absolute atomic E-state index is 13.5. The minimum absolute atomic E-state index is 0.0721. The van der Waals surface area contributed by atoms with E-state index in [9.17, 15) is 13.6 Å². The van der Waals surface area contributed by atoms with Crippen molar-refractivity contribution in [3.05, 3.63) is 40.3 Å². The van der Waals surface area contributed by atoms with Crippen molar-refractivity contribution in [2.45, 2.75) is 10.2 Å². The Kier molecular flexibility index (Phi) is 3.56. The van der Waals surface area contributed by atoms with E-state index in [-0.39, 0.29) is 21.6 Å². The Morgan fingerprint density at radius 2 is 2.17 bits per heavy atom. The number of aromatic amines is 1. The molecule has 8 heteroatoms. The van der Waals surface area contributed by atoms with Crippen LogP contribution in [0.1, 0.15) is 0 Å². The van der Waals surface area contributed by atoms with Gasteiger partial charge in [0.1, 0.15) is 5.03 Å². The van der Waals surface area contributed by atoms with Gasteiger partial charge in [0.05, 0.1) is 0 Å². The van der Waals surface area contributed by atoms with Crippen LogP contribution in [0.25, 0.3) is 0 Å². The number of H-pyrrole nitrogens is 1. The number of halogens is 2. The Labute approximate surface area is 105 Å². The summed E-state index contributed by atoms with van der Waals surface area (Å²) < 4.78 is 26.7. The number of pyridine rings is 1. The lowest BCUT2D eigenvalue weighted by molar-refractivity contribution is 0.551. The first kappa shape index (κ1) is 12.5. The molecule has 0 amide bonds. The van der Waals surface area contributed by atoms with Gasteiger partial charge in [0.15, 0.2) is 22.6 Å². The normalized spacial score (nSPS) is 10.4. The minimum atomic E-state index is -0.817. The first-order chi connectivity index (χ1) is 8.60. The Bertz CT molecular complexity index is 632. The first-order valence-electron chi connectivity index (χ1n) is 4.87. The highest BCUT2D eigenvalue weighted by atomic mass is 32.2. The lowest BCUT2D eigenvalue weighted by atomic mass is 10.4. The van der Waals surface area contributed by atoms with Gasteiger partial charge in [-0.05, 0) is 11.8 Å². The van der Waals surface area contributed by atoms with E-state index in [1.807, 2.05) is 0 Å². The van der Waals surface area contributed by atoms with Crippen LogP contribution in [0.3, 0.4) is 0 Å². The van der Waals surface area contributed by atoms with E-state index in [1.54, 1.807) is 0 Å². The van der Waals surface area contributed by atoms with E-state index in [2.05, 4.69) is 20.3 Å². The van der Waals surface area contributed by atoms with E-state index in [4.69, 9.17) is 0 Å². The van der Waals surface area contributed by atoms with E-state index < -0.39 is 11.6 Å². The third kappa shape index (κ3) is 2.65. The minimum Gasteiger partial charge on any atom is -0.371 e. The van der Waals surface area contributed by atoms with Crippen LogP contribution in [-0.2, 0) is 0 Å². The molecule has 0 atom stereocenters. The largest absolute Gasteiger partial charge is 0.371 e. The highest BCUT2D eigenvalue weighted by Gasteiger charge is 2.13. The van der Waals surface area contributed by atoms with Crippen molar-refractivity contribution < 1.29 is 8.78 Å². The van der Waals surface area contributed by atoms with Crippen molar-refractivity contribution >= 4 is 17.6 Å². The Morgan fingerprint density at radius 1 is 1.39 bits per heavy atom. The summed E-state index contributed by atoms with van der Waals surface area (Å²) in [4.78, 5) is 21.1. The zero-order valence-electron chi connectivity index (χ0n) is 9.20. The molecular formula is C10H8F2N4OS. The maximum atomic E-state index is 13.5. The van der Waals surface area contributed by atoms with Crippen molar-refractivity contribution in [2.75, 3.05) is 12.4 Å². The highest BCUT2D eigenvalue weighted by molar-refractivity contribution is 7.99. The van der Waals surface area contributed by atoms with Gasteiger partial charge in [-0.1, -0.05) is 0 Å². The second-order valence-electron chi connectivity index (χ2n) is 3.20. The highest BCUT2D eigenvalue weighted by Crippen LogP contribution is 2.27. The molecule has 94 valence electrons. The molecule has 0 saturated carbocycles. The molecule has 2 heterocycles. The Morgan fingerprint density at radius 3 is 2.83 bits per heavy atom. The molecule has 0 radical (unpaired) electrons. The predicted molar refractivity (Wildman–Crippen MR) is 62.7 cm³/mol. The zero-order chi connectivity index (χ0) is 13.1. The van der Waals surface area contributed by atoms with Gasteiger partial charge in [-0.15, -0.1) is 0 Å². The average molecular weight is 270 g/mol. The van der Waals surface area contributed by atoms with Gasteiger partial charge in [-0.25, -0.2) is 18.7 Å². The number of hydrogen-bond donors (Lipinski definition) is 2. The molecule has 0 unspecified atom stereocenters. The maximum Gasteiger partial charge on any atom is 0.251 e. The van der Waals surface area contributed by atoms with Crippen molar-refractivity contribution in [3.63, 3.8) is 0 Å². The molecule has 0 aliphatic carbocycles. The Balaban J connectivity index is 2.37. The number of hydrogen-bond acceptors (Lipinski definition) is 5. The molecule has 0 aliphatic heterocycles. The zero-order valence-corrected chi connectivity index (χ0v) is 10.0. The van der Waals surface area contributed by atoms with Gasteiger partial charge in [0, 0.05) is 25.4 Å². The fourth-order valence-electron chi connectivity index (χ4n) is 1.19. The van der Waals surface area contributed by atoms with Crippen LogP contribution >= 0.6 is 11.8 Å². The molecule has 0 saturated heterocycles. The third-order valence-corrected chi connectivity index (χ3v) is 2.86. The molecule has 0 aromatic carbocycles. The Hall–Kier alpha value is -1.96. The van der Waals surface area contributed by atoms with E-state index in [0.717, 1.165) is 17.8 Å². The molecule has 0 bridgehead atoms. The molecule has 5 nitrogen and oxygen atoms in total. The molecule has 2 aromatic heterocycles. The second-order valence-corrected chi connectivity index (χ2v) is 4.17.